The Morgan fingerprint density at radius 3 is 1.27 bits per heavy atom. The molecule has 0 bridgehead atoms. The van der Waals surface area contributed by atoms with Crippen LogP contribution >= 0.6 is 0 Å². The first-order chi connectivity index (χ1) is 15.9. The first-order valence-corrected chi connectivity index (χ1v) is 11.7. The number of rotatable bonds is 20. The summed E-state index contributed by atoms with van der Waals surface area (Å²) in [4.78, 5) is 47.3. The van der Waals surface area contributed by atoms with Gasteiger partial charge in [-0.25, -0.2) is 0 Å². The molecular weight excluding hydrogens is 434 g/mol. The molecule has 0 aliphatic heterocycles. The number of esters is 4. The van der Waals surface area contributed by atoms with E-state index in [4.69, 9.17) is 18.9 Å². The Bertz CT molecular complexity index is 526. The molecule has 0 heterocycles. The maximum Gasteiger partial charge on any atom is 0.323 e. The third kappa shape index (κ3) is 16.1. The summed E-state index contributed by atoms with van der Waals surface area (Å²) in [5.41, 5.74) is 0. The van der Waals surface area contributed by atoms with Gasteiger partial charge in [-0.15, -0.1) is 0 Å². The summed E-state index contributed by atoms with van der Waals surface area (Å²) in [6.07, 6.45) is 1.33. The molecule has 0 saturated carbocycles. The van der Waals surface area contributed by atoms with Crippen molar-refractivity contribution in [3.8, 4) is 0 Å². The van der Waals surface area contributed by atoms with Gasteiger partial charge in [0.1, 0.15) is 12.1 Å². The minimum Gasteiger partial charge on any atom is -0.466 e. The summed E-state index contributed by atoms with van der Waals surface area (Å²) in [7, 11) is 0. The molecule has 11 nitrogen and oxygen atoms in total. The van der Waals surface area contributed by atoms with E-state index in [-0.39, 0.29) is 39.3 Å². The number of carbonyl (C=O) groups is 4. The molecule has 0 saturated heterocycles. The van der Waals surface area contributed by atoms with E-state index in [1.54, 1.807) is 27.7 Å². The summed E-state index contributed by atoms with van der Waals surface area (Å²) in [6, 6.07) is -1.46. The Morgan fingerprint density at radius 1 is 0.576 bits per heavy atom. The minimum atomic E-state index is -0.729. The molecule has 11 heteroatoms. The van der Waals surface area contributed by atoms with Crippen molar-refractivity contribution >= 4 is 23.9 Å². The standard InChI is InChI=1S/C22H41N3O8/c1-5-30-19(26)15-17(21(28)32-7-3)24-13-9-11-23-12-10-14-25-18(22(29)33-8-4)16-20(27)31-6-2/h17-18,23-25H,5-16H2,1-4H3. The van der Waals surface area contributed by atoms with E-state index in [0.717, 1.165) is 12.8 Å². The van der Waals surface area contributed by atoms with E-state index >= 15 is 0 Å². The summed E-state index contributed by atoms with van der Waals surface area (Å²) < 4.78 is 19.8. The molecule has 0 rings (SSSR count). The topological polar surface area (TPSA) is 141 Å². The van der Waals surface area contributed by atoms with Gasteiger partial charge in [0, 0.05) is 0 Å². The molecular formula is C22H41N3O8. The van der Waals surface area contributed by atoms with Crippen molar-refractivity contribution in [3.63, 3.8) is 0 Å². The number of hydrogen-bond donors (Lipinski definition) is 3. The third-order valence-electron chi connectivity index (χ3n) is 4.34. The van der Waals surface area contributed by atoms with Crippen LogP contribution in [0, 0.1) is 0 Å². The average molecular weight is 476 g/mol. The van der Waals surface area contributed by atoms with Crippen molar-refractivity contribution in [2.75, 3.05) is 52.6 Å². The second kappa shape index (κ2) is 20.4. The van der Waals surface area contributed by atoms with Crippen LogP contribution in [0.1, 0.15) is 53.4 Å². The molecule has 0 aromatic heterocycles. The monoisotopic (exact) mass is 475 g/mol. The Kier molecular flexibility index (Phi) is 19.0. The normalized spacial score (nSPS) is 12.5. The van der Waals surface area contributed by atoms with Crippen molar-refractivity contribution in [1.29, 1.82) is 0 Å². The molecule has 0 fully saturated rings. The summed E-state index contributed by atoms with van der Waals surface area (Å²) in [5, 5.41) is 9.35. The van der Waals surface area contributed by atoms with Gasteiger partial charge in [0.2, 0.25) is 0 Å². The van der Waals surface area contributed by atoms with E-state index < -0.39 is 36.0 Å². The van der Waals surface area contributed by atoms with Crippen LogP contribution in [-0.4, -0.2) is 88.6 Å². The summed E-state index contributed by atoms with van der Waals surface area (Å²) in [6.45, 7) is 10.3. The Labute approximate surface area is 196 Å². The molecule has 0 aliphatic rings. The van der Waals surface area contributed by atoms with Gasteiger partial charge in [-0.1, -0.05) is 0 Å². The second-order valence-electron chi connectivity index (χ2n) is 6.99. The zero-order valence-corrected chi connectivity index (χ0v) is 20.4. The van der Waals surface area contributed by atoms with Crippen molar-refractivity contribution in [2.24, 2.45) is 0 Å². The first-order valence-electron chi connectivity index (χ1n) is 11.7. The molecule has 0 radical (unpaired) electrons. The Hall–Kier alpha value is -2.24. The van der Waals surface area contributed by atoms with Gasteiger partial charge in [-0.05, 0) is 66.7 Å². The van der Waals surface area contributed by atoms with E-state index in [1.165, 1.54) is 0 Å². The van der Waals surface area contributed by atoms with Crippen LogP contribution in [0.2, 0.25) is 0 Å². The molecule has 2 atom stereocenters. The number of nitrogens with one attached hydrogen (secondary N) is 3. The lowest BCUT2D eigenvalue weighted by Crippen LogP contribution is -2.42. The lowest BCUT2D eigenvalue weighted by molar-refractivity contribution is -0.152. The van der Waals surface area contributed by atoms with Crippen LogP contribution in [0.4, 0.5) is 0 Å². The fourth-order valence-electron chi connectivity index (χ4n) is 2.84. The smallest absolute Gasteiger partial charge is 0.323 e. The fourth-order valence-corrected chi connectivity index (χ4v) is 2.84. The predicted octanol–water partition coefficient (Wildman–Crippen LogP) is 0.305. The molecule has 33 heavy (non-hydrogen) atoms. The Morgan fingerprint density at radius 2 is 0.939 bits per heavy atom. The van der Waals surface area contributed by atoms with Crippen molar-refractivity contribution in [2.45, 2.75) is 65.5 Å². The van der Waals surface area contributed by atoms with Crippen molar-refractivity contribution < 1.29 is 38.1 Å². The van der Waals surface area contributed by atoms with Crippen LogP contribution in [0.15, 0.2) is 0 Å². The van der Waals surface area contributed by atoms with Gasteiger partial charge in [0.25, 0.3) is 0 Å². The molecule has 192 valence electrons. The highest BCUT2D eigenvalue weighted by Gasteiger charge is 2.24. The largest absolute Gasteiger partial charge is 0.466 e. The first kappa shape index (κ1) is 30.8. The molecule has 0 amide bonds. The predicted molar refractivity (Wildman–Crippen MR) is 121 cm³/mol. The van der Waals surface area contributed by atoms with E-state index in [1.807, 2.05) is 0 Å². The number of carbonyl (C=O) groups excluding carboxylic acids is 4. The van der Waals surface area contributed by atoms with Gasteiger partial charge >= 0.3 is 23.9 Å². The van der Waals surface area contributed by atoms with Crippen LogP contribution in [0.3, 0.4) is 0 Å². The minimum absolute atomic E-state index is 0.0702. The van der Waals surface area contributed by atoms with Gasteiger partial charge in [0.15, 0.2) is 0 Å². The molecule has 0 aliphatic carbocycles. The molecule has 0 aromatic rings. The lowest BCUT2D eigenvalue weighted by atomic mass is 10.2. The van der Waals surface area contributed by atoms with E-state index in [9.17, 15) is 19.2 Å². The van der Waals surface area contributed by atoms with Gasteiger partial charge in [0.05, 0.1) is 39.3 Å². The zero-order valence-electron chi connectivity index (χ0n) is 20.4. The number of ether oxygens (including phenoxy) is 4. The second-order valence-corrected chi connectivity index (χ2v) is 6.99. The highest BCUT2D eigenvalue weighted by Crippen LogP contribution is 2.00. The van der Waals surface area contributed by atoms with Crippen LogP contribution < -0.4 is 16.0 Å². The van der Waals surface area contributed by atoms with Crippen LogP contribution in [0.5, 0.6) is 0 Å². The van der Waals surface area contributed by atoms with Gasteiger partial charge in [-0.3, -0.25) is 19.2 Å². The quantitative estimate of drug-likeness (QED) is 0.127. The molecule has 2 unspecified atom stereocenters. The van der Waals surface area contributed by atoms with Crippen molar-refractivity contribution in [1.82, 2.24) is 16.0 Å². The van der Waals surface area contributed by atoms with E-state index in [0.29, 0.717) is 26.2 Å². The highest BCUT2D eigenvalue weighted by atomic mass is 16.5. The SMILES string of the molecule is CCOC(=O)CC(NCCCNCCCNC(CC(=O)OCC)C(=O)OCC)C(=O)OCC. The van der Waals surface area contributed by atoms with E-state index in [2.05, 4.69) is 16.0 Å². The lowest BCUT2D eigenvalue weighted by Gasteiger charge is -2.17. The molecule has 3 N–H and O–H groups in total. The zero-order chi connectivity index (χ0) is 24.9. The summed E-state index contributed by atoms with van der Waals surface area (Å²) in [5.74, 6) is -1.83. The maximum atomic E-state index is 12.0. The highest BCUT2D eigenvalue weighted by molar-refractivity contribution is 5.83. The molecule has 0 aromatic carbocycles. The van der Waals surface area contributed by atoms with Crippen LogP contribution in [0.25, 0.3) is 0 Å². The maximum absolute atomic E-state index is 12.0. The fraction of sp³-hybridized carbons (Fsp3) is 0.818. The van der Waals surface area contributed by atoms with Crippen molar-refractivity contribution in [3.05, 3.63) is 0 Å². The van der Waals surface area contributed by atoms with Gasteiger partial charge < -0.3 is 34.9 Å². The summed E-state index contributed by atoms with van der Waals surface area (Å²) >= 11 is 0. The Balaban J connectivity index is 4.13. The number of hydrogen-bond acceptors (Lipinski definition) is 11. The average Bonchev–Trinajstić information content (AvgIpc) is 2.76. The van der Waals surface area contributed by atoms with Gasteiger partial charge in [-0.2, -0.15) is 0 Å². The molecule has 0 spiro atoms. The third-order valence-corrected chi connectivity index (χ3v) is 4.34. The van der Waals surface area contributed by atoms with Crippen LogP contribution in [-0.2, 0) is 38.1 Å².